The normalized spacial score (nSPS) is 11.3. The van der Waals surface area contributed by atoms with Gasteiger partial charge in [-0.05, 0) is 48.0 Å². The Bertz CT molecular complexity index is 584. The summed E-state index contributed by atoms with van der Waals surface area (Å²) in [6.45, 7) is 4.70. The molecular weight excluding hydrogens is 212 g/mol. The summed E-state index contributed by atoms with van der Waals surface area (Å²) in [5, 5.41) is 1.08. The van der Waals surface area contributed by atoms with Crippen LogP contribution in [-0.4, -0.2) is 11.5 Å². The van der Waals surface area contributed by atoms with E-state index in [4.69, 9.17) is 5.73 Å². The Morgan fingerprint density at radius 3 is 2.71 bits per heavy atom. The summed E-state index contributed by atoms with van der Waals surface area (Å²) in [6.07, 6.45) is 0.867. The molecule has 0 aliphatic carbocycles. The lowest BCUT2D eigenvalue weighted by Crippen LogP contribution is -2.13. The lowest BCUT2D eigenvalue weighted by molar-refractivity contribution is 0.849. The lowest BCUT2D eigenvalue weighted by Gasteiger charge is -2.07. The number of fused-ring (bicyclic) bond motifs is 1. The molecule has 2 rings (SSSR count). The standard InChI is InChI=1S/C14H18N2O/c1-9(2)12-8-11-7-10(5-6-15)3-4-13(11)16-14(12)17/h3-4,7-9H,5-6,15H2,1-2H3,(H,16,17). The van der Waals surface area contributed by atoms with Crippen molar-refractivity contribution in [1.82, 2.24) is 4.98 Å². The van der Waals surface area contributed by atoms with Gasteiger partial charge in [-0.2, -0.15) is 0 Å². The van der Waals surface area contributed by atoms with Gasteiger partial charge in [0.2, 0.25) is 0 Å². The smallest absolute Gasteiger partial charge is 0.251 e. The first-order valence-electron chi connectivity index (χ1n) is 5.97. The second-order valence-corrected chi connectivity index (χ2v) is 4.67. The fraction of sp³-hybridized carbons (Fsp3) is 0.357. The monoisotopic (exact) mass is 230 g/mol. The Balaban J connectivity index is 2.60. The van der Waals surface area contributed by atoms with Gasteiger partial charge in [0.25, 0.3) is 5.56 Å². The molecule has 1 aromatic carbocycles. The van der Waals surface area contributed by atoms with E-state index in [9.17, 15) is 4.79 Å². The first kappa shape index (κ1) is 11.9. The number of benzene rings is 1. The molecule has 0 aliphatic heterocycles. The summed E-state index contributed by atoms with van der Waals surface area (Å²) in [7, 11) is 0. The quantitative estimate of drug-likeness (QED) is 0.848. The summed E-state index contributed by atoms with van der Waals surface area (Å²) >= 11 is 0. The Morgan fingerprint density at radius 1 is 1.29 bits per heavy atom. The van der Waals surface area contributed by atoms with Crippen molar-refractivity contribution in [3.63, 3.8) is 0 Å². The van der Waals surface area contributed by atoms with Crippen molar-refractivity contribution in [3.8, 4) is 0 Å². The van der Waals surface area contributed by atoms with E-state index in [0.29, 0.717) is 6.54 Å². The van der Waals surface area contributed by atoms with E-state index >= 15 is 0 Å². The van der Waals surface area contributed by atoms with Gasteiger partial charge in [-0.1, -0.05) is 19.9 Å². The van der Waals surface area contributed by atoms with Gasteiger partial charge in [-0.3, -0.25) is 4.79 Å². The van der Waals surface area contributed by atoms with Crippen molar-refractivity contribution < 1.29 is 0 Å². The van der Waals surface area contributed by atoms with Gasteiger partial charge in [0, 0.05) is 11.1 Å². The zero-order valence-corrected chi connectivity index (χ0v) is 10.3. The van der Waals surface area contributed by atoms with Crippen LogP contribution in [0.5, 0.6) is 0 Å². The fourth-order valence-electron chi connectivity index (χ4n) is 2.02. The molecule has 0 saturated carbocycles. The molecule has 0 fully saturated rings. The van der Waals surface area contributed by atoms with Crippen LogP contribution in [0.1, 0.15) is 30.9 Å². The van der Waals surface area contributed by atoms with Crippen LogP contribution < -0.4 is 11.3 Å². The largest absolute Gasteiger partial charge is 0.330 e. The van der Waals surface area contributed by atoms with Crippen molar-refractivity contribution in [2.45, 2.75) is 26.2 Å². The molecule has 0 amide bonds. The van der Waals surface area contributed by atoms with Crippen LogP contribution in [0.25, 0.3) is 10.9 Å². The van der Waals surface area contributed by atoms with Crippen molar-refractivity contribution in [2.75, 3.05) is 6.54 Å². The van der Waals surface area contributed by atoms with E-state index in [0.717, 1.165) is 22.9 Å². The second-order valence-electron chi connectivity index (χ2n) is 4.67. The van der Waals surface area contributed by atoms with Crippen molar-refractivity contribution in [3.05, 3.63) is 45.7 Å². The molecule has 0 saturated heterocycles. The van der Waals surface area contributed by atoms with Gasteiger partial charge in [-0.15, -0.1) is 0 Å². The number of hydrogen-bond donors (Lipinski definition) is 2. The zero-order valence-electron chi connectivity index (χ0n) is 10.3. The van der Waals surface area contributed by atoms with Gasteiger partial charge in [-0.25, -0.2) is 0 Å². The van der Waals surface area contributed by atoms with E-state index in [1.165, 1.54) is 5.56 Å². The maximum atomic E-state index is 11.8. The van der Waals surface area contributed by atoms with Crippen LogP contribution in [0.3, 0.4) is 0 Å². The molecule has 0 radical (unpaired) electrons. The fourth-order valence-corrected chi connectivity index (χ4v) is 2.02. The van der Waals surface area contributed by atoms with E-state index in [1.807, 2.05) is 32.0 Å². The molecule has 0 aliphatic rings. The third-order valence-corrected chi connectivity index (χ3v) is 2.99. The minimum Gasteiger partial charge on any atom is -0.330 e. The molecule has 2 aromatic rings. The number of nitrogens with one attached hydrogen (secondary N) is 1. The third-order valence-electron chi connectivity index (χ3n) is 2.99. The van der Waals surface area contributed by atoms with Gasteiger partial charge in [0.15, 0.2) is 0 Å². The molecule has 17 heavy (non-hydrogen) atoms. The average Bonchev–Trinajstić information content (AvgIpc) is 2.28. The number of hydrogen-bond acceptors (Lipinski definition) is 2. The summed E-state index contributed by atoms with van der Waals surface area (Å²) in [4.78, 5) is 14.7. The highest BCUT2D eigenvalue weighted by Crippen LogP contribution is 2.17. The highest BCUT2D eigenvalue weighted by molar-refractivity contribution is 5.79. The predicted molar refractivity (Wildman–Crippen MR) is 71.4 cm³/mol. The number of rotatable bonds is 3. The Labute approximate surface area is 101 Å². The number of nitrogens with two attached hydrogens (primary N) is 1. The molecule has 3 N–H and O–H groups in total. The van der Waals surface area contributed by atoms with Crippen LogP contribution in [0.15, 0.2) is 29.1 Å². The number of H-pyrrole nitrogens is 1. The van der Waals surface area contributed by atoms with Crippen molar-refractivity contribution in [2.24, 2.45) is 5.73 Å². The van der Waals surface area contributed by atoms with E-state index < -0.39 is 0 Å². The summed E-state index contributed by atoms with van der Waals surface area (Å²) in [6, 6.07) is 8.05. The summed E-state index contributed by atoms with van der Waals surface area (Å²) in [5.74, 6) is 0.237. The van der Waals surface area contributed by atoms with Crippen molar-refractivity contribution in [1.29, 1.82) is 0 Å². The Morgan fingerprint density at radius 2 is 2.06 bits per heavy atom. The minimum absolute atomic E-state index is 0.0130. The Hall–Kier alpha value is -1.61. The van der Waals surface area contributed by atoms with Gasteiger partial charge >= 0.3 is 0 Å². The summed E-state index contributed by atoms with van der Waals surface area (Å²) < 4.78 is 0. The second kappa shape index (κ2) is 4.72. The molecular formula is C14H18N2O. The van der Waals surface area contributed by atoms with Gasteiger partial charge in [0.1, 0.15) is 0 Å². The first-order chi connectivity index (χ1) is 8.11. The topological polar surface area (TPSA) is 58.9 Å². The summed E-state index contributed by atoms with van der Waals surface area (Å²) in [5.41, 5.74) is 8.50. The molecule has 3 heteroatoms. The van der Waals surface area contributed by atoms with E-state index in [1.54, 1.807) is 0 Å². The third kappa shape index (κ3) is 2.39. The zero-order chi connectivity index (χ0) is 12.4. The Kier molecular flexibility index (Phi) is 3.29. The molecule has 1 aromatic heterocycles. The van der Waals surface area contributed by atoms with Crippen LogP contribution in [0.2, 0.25) is 0 Å². The number of pyridine rings is 1. The van der Waals surface area contributed by atoms with Gasteiger partial charge in [0.05, 0.1) is 0 Å². The van der Waals surface area contributed by atoms with Crippen molar-refractivity contribution >= 4 is 10.9 Å². The van der Waals surface area contributed by atoms with Gasteiger partial charge < -0.3 is 10.7 Å². The molecule has 3 nitrogen and oxygen atoms in total. The molecule has 0 bridgehead atoms. The minimum atomic E-state index is 0.0130. The number of aromatic nitrogens is 1. The molecule has 0 atom stereocenters. The maximum Gasteiger partial charge on any atom is 0.251 e. The highest BCUT2D eigenvalue weighted by Gasteiger charge is 2.06. The molecule has 0 spiro atoms. The lowest BCUT2D eigenvalue weighted by atomic mass is 10.0. The molecule has 0 unspecified atom stereocenters. The number of aromatic amines is 1. The van der Waals surface area contributed by atoms with Crippen LogP contribution in [-0.2, 0) is 6.42 Å². The molecule has 90 valence electrons. The van der Waals surface area contributed by atoms with Crippen LogP contribution in [0.4, 0.5) is 0 Å². The average molecular weight is 230 g/mol. The SMILES string of the molecule is CC(C)c1cc2cc(CCN)ccc2[nH]c1=O. The van der Waals surface area contributed by atoms with Crippen LogP contribution >= 0.6 is 0 Å². The van der Waals surface area contributed by atoms with E-state index in [-0.39, 0.29) is 11.5 Å². The maximum absolute atomic E-state index is 11.8. The first-order valence-corrected chi connectivity index (χ1v) is 5.97. The molecule has 1 heterocycles. The van der Waals surface area contributed by atoms with E-state index in [2.05, 4.69) is 11.1 Å². The highest BCUT2D eigenvalue weighted by atomic mass is 16.1. The van der Waals surface area contributed by atoms with Crippen LogP contribution in [0, 0.1) is 0 Å². The predicted octanol–water partition coefficient (Wildman–Crippen LogP) is 2.15.